The molecule has 2 nitrogen and oxygen atoms in total. The van der Waals surface area contributed by atoms with E-state index in [1.165, 1.54) is 32.7 Å². The van der Waals surface area contributed by atoms with E-state index in [9.17, 15) is 0 Å². The number of furan rings is 1. The lowest BCUT2D eigenvalue weighted by Gasteiger charge is -2.31. The van der Waals surface area contributed by atoms with Gasteiger partial charge in [-0.2, -0.15) is 0 Å². The van der Waals surface area contributed by atoms with Crippen molar-refractivity contribution in [1.82, 2.24) is 0 Å². The largest absolute Gasteiger partial charge is 0.454 e. The maximum absolute atomic E-state index is 6.82. The summed E-state index contributed by atoms with van der Waals surface area (Å²) in [7, 11) is 0. The van der Waals surface area contributed by atoms with Crippen molar-refractivity contribution in [2.75, 3.05) is 4.90 Å². The second-order valence-corrected chi connectivity index (χ2v) is 13.2. The second kappa shape index (κ2) is 12.5. The van der Waals surface area contributed by atoms with Gasteiger partial charge in [-0.3, -0.25) is 0 Å². The van der Waals surface area contributed by atoms with Crippen LogP contribution >= 0.6 is 0 Å². The smallest absolute Gasteiger partial charge is 0.159 e. The number of nitrogens with zero attached hydrogens (tertiary/aromatic N) is 1. The molecule has 0 aliphatic heterocycles. The van der Waals surface area contributed by atoms with E-state index < -0.39 is 0 Å². The Balaban J connectivity index is 1.38. The van der Waals surface area contributed by atoms with Crippen molar-refractivity contribution in [3.63, 3.8) is 0 Å². The van der Waals surface area contributed by atoms with Crippen molar-refractivity contribution in [3.05, 3.63) is 200 Å². The van der Waals surface area contributed by atoms with Crippen LogP contribution in [0.15, 0.2) is 205 Å². The molecule has 0 bridgehead atoms. The number of fused-ring (bicyclic) bond motifs is 6. The first-order valence-corrected chi connectivity index (χ1v) is 17.8. The number of para-hydroxylation sites is 2. The molecule has 10 aromatic rings. The van der Waals surface area contributed by atoms with Crippen molar-refractivity contribution in [1.29, 1.82) is 0 Å². The van der Waals surface area contributed by atoms with Gasteiger partial charge >= 0.3 is 0 Å². The fourth-order valence-electron chi connectivity index (χ4n) is 7.96. The average Bonchev–Trinajstić information content (AvgIpc) is 3.61. The maximum atomic E-state index is 6.82. The van der Waals surface area contributed by atoms with Gasteiger partial charge in [-0.1, -0.05) is 176 Å². The Bertz CT molecular complexity index is 2910. The summed E-state index contributed by atoms with van der Waals surface area (Å²) in [6.45, 7) is 0. The van der Waals surface area contributed by atoms with Crippen LogP contribution in [-0.4, -0.2) is 0 Å². The number of rotatable bonds is 6. The minimum absolute atomic E-state index is 0.855. The highest BCUT2D eigenvalue weighted by atomic mass is 16.3. The van der Waals surface area contributed by atoms with E-state index >= 15 is 0 Å². The van der Waals surface area contributed by atoms with E-state index in [-0.39, 0.29) is 0 Å². The summed E-state index contributed by atoms with van der Waals surface area (Å²) in [5.41, 5.74) is 11.9. The van der Waals surface area contributed by atoms with Crippen molar-refractivity contribution in [2.45, 2.75) is 0 Å². The second-order valence-electron chi connectivity index (χ2n) is 13.2. The first-order valence-electron chi connectivity index (χ1n) is 17.8. The summed E-state index contributed by atoms with van der Waals surface area (Å²) in [5, 5.41) is 6.99. The fourth-order valence-corrected chi connectivity index (χ4v) is 7.96. The van der Waals surface area contributed by atoms with Crippen molar-refractivity contribution >= 4 is 60.5 Å². The molecular formula is C50H33NO. The third-order valence-electron chi connectivity index (χ3n) is 10.3. The maximum Gasteiger partial charge on any atom is 0.159 e. The lowest BCUT2D eigenvalue weighted by molar-refractivity contribution is 0.669. The molecule has 0 amide bonds. The van der Waals surface area contributed by atoms with Crippen LogP contribution in [0.25, 0.3) is 76.9 Å². The molecule has 9 aromatic carbocycles. The van der Waals surface area contributed by atoms with Gasteiger partial charge in [0.1, 0.15) is 5.58 Å². The molecule has 244 valence electrons. The molecule has 0 N–H and O–H groups in total. The summed E-state index contributed by atoms with van der Waals surface area (Å²) >= 11 is 0. The standard InChI is InChI=1S/C50H33NO/c1-3-17-34(18-4-1)37-22-9-12-27-43(37)49-39(35-19-5-2-6-20-35)28-15-30-45(49)51(46-31-16-29-44-42-26-13-14-32-48(42)52-50(44)46)47-33-36-21-7-8-23-38(36)40-24-10-11-25-41(40)47/h1-33H. The number of hydrogen-bond donors (Lipinski definition) is 0. The highest BCUT2D eigenvalue weighted by Gasteiger charge is 2.26. The highest BCUT2D eigenvalue weighted by molar-refractivity contribution is 6.18. The van der Waals surface area contributed by atoms with Crippen LogP contribution in [0.1, 0.15) is 0 Å². The zero-order valence-corrected chi connectivity index (χ0v) is 28.4. The average molecular weight is 664 g/mol. The molecule has 0 fully saturated rings. The SMILES string of the molecule is c1ccc(-c2ccccc2-c2c(-c3ccccc3)cccc2N(c2cc3ccccc3c3ccccc23)c2cccc3c2oc2ccccc23)cc1. The summed E-state index contributed by atoms with van der Waals surface area (Å²) < 4.78 is 6.82. The van der Waals surface area contributed by atoms with Crippen molar-refractivity contribution < 1.29 is 4.42 Å². The van der Waals surface area contributed by atoms with Gasteiger partial charge in [-0.15, -0.1) is 0 Å². The first-order chi connectivity index (χ1) is 25.8. The zero-order chi connectivity index (χ0) is 34.4. The van der Waals surface area contributed by atoms with Crippen LogP contribution < -0.4 is 4.90 Å². The molecule has 0 aliphatic carbocycles. The van der Waals surface area contributed by atoms with E-state index in [4.69, 9.17) is 4.42 Å². The van der Waals surface area contributed by atoms with Crippen LogP contribution in [0, 0.1) is 0 Å². The van der Waals surface area contributed by atoms with Gasteiger partial charge in [0.25, 0.3) is 0 Å². The fraction of sp³-hybridized carbons (Fsp3) is 0. The quantitative estimate of drug-likeness (QED) is 0.165. The third kappa shape index (κ3) is 4.88. The molecule has 1 heterocycles. The molecule has 0 aliphatic rings. The van der Waals surface area contributed by atoms with Gasteiger partial charge in [0, 0.05) is 21.7 Å². The Morgan fingerprint density at radius 3 is 1.65 bits per heavy atom. The predicted molar refractivity (Wildman–Crippen MR) is 220 cm³/mol. The third-order valence-corrected chi connectivity index (χ3v) is 10.3. The van der Waals surface area contributed by atoms with Crippen LogP contribution in [0.4, 0.5) is 17.1 Å². The van der Waals surface area contributed by atoms with E-state index in [0.29, 0.717) is 0 Å². The minimum Gasteiger partial charge on any atom is -0.454 e. The molecule has 0 radical (unpaired) electrons. The lowest BCUT2D eigenvalue weighted by atomic mass is 9.87. The highest BCUT2D eigenvalue weighted by Crippen LogP contribution is 2.51. The number of hydrogen-bond acceptors (Lipinski definition) is 2. The van der Waals surface area contributed by atoms with Gasteiger partial charge in [0.15, 0.2) is 5.58 Å². The van der Waals surface area contributed by atoms with E-state index in [1.54, 1.807) is 0 Å². The predicted octanol–water partition coefficient (Wildman–Crippen LogP) is 14.4. The molecule has 0 saturated carbocycles. The lowest BCUT2D eigenvalue weighted by Crippen LogP contribution is -2.13. The summed E-state index contributed by atoms with van der Waals surface area (Å²) in [5.74, 6) is 0. The monoisotopic (exact) mass is 663 g/mol. The normalized spacial score (nSPS) is 11.5. The number of anilines is 3. The Morgan fingerprint density at radius 2 is 0.865 bits per heavy atom. The molecule has 1 aromatic heterocycles. The summed E-state index contributed by atoms with van der Waals surface area (Å²) in [6.07, 6.45) is 0. The van der Waals surface area contributed by atoms with Crippen LogP contribution in [-0.2, 0) is 0 Å². The Hall–Kier alpha value is -6.90. The van der Waals surface area contributed by atoms with Gasteiger partial charge in [0.05, 0.1) is 17.1 Å². The molecule has 52 heavy (non-hydrogen) atoms. The van der Waals surface area contributed by atoms with Crippen LogP contribution in [0.2, 0.25) is 0 Å². The molecule has 0 unspecified atom stereocenters. The summed E-state index contributed by atoms with van der Waals surface area (Å²) in [6, 6.07) is 71.7. The molecular weight excluding hydrogens is 631 g/mol. The van der Waals surface area contributed by atoms with Gasteiger partial charge in [0.2, 0.25) is 0 Å². The Labute approximate surface area is 302 Å². The van der Waals surface area contributed by atoms with Crippen molar-refractivity contribution in [2.24, 2.45) is 0 Å². The van der Waals surface area contributed by atoms with Crippen molar-refractivity contribution in [3.8, 4) is 33.4 Å². The van der Waals surface area contributed by atoms with E-state index in [1.807, 2.05) is 6.07 Å². The first kappa shape index (κ1) is 30.0. The molecule has 10 rings (SSSR count). The number of benzene rings is 9. The molecule has 0 atom stereocenters. The van der Waals surface area contributed by atoms with E-state index in [0.717, 1.165) is 61.3 Å². The van der Waals surface area contributed by atoms with Gasteiger partial charge < -0.3 is 9.32 Å². The van der Waals surface area contributed by atoms with E-state index in [2.05, 4.69) is 199 Å². The van der Waals surface area contributed by atoms with Gasteiger partial charge in [-0.05, 0) is 68.2 Å². The Kier molecular flexibility index (Phi) is 7.18. The molecule has 0 saturated heterocycles. The molecule has 0 spiro atoms. The van der Waals surface area contributed by atoms with Gasteiger partial charge in [-0.25, -0.2) is 0 Å². The van der Waals surface area contributed by atoms with Crippen LogP contribution in [0.5, 0.6) is 0 Å². The summed E-state index contributed by atoms with van der Waals surface area (Å²) in [4.78, 5) is 2.45. The zero-order valence-electron chi connectivity index (χ0n) is 28.4. The topological polar surface area (TPSA) is 16.4 Å². The van der Waals surface area contributed by atoms with Crippen LogP contribution in [0.3, 0.4) is 0 Å². The molecule has 2 heteroatoms. The Morgan fingerprint density at radius 1 is 0.327 bits per heavy atom. The minimum atomic E-state index is 0.855.